The van der Waals surface area contributed by atoms with Crippen molar-refractivity contribution in [3.05, 3.63) is 78.6 Å². The number of nitrogens with one attached hydrogen (secondary N) is 1. The number of nitrogens with zero attached hydrogens (tertiary/aromatic N) is 4. The summed E-state index contributed by atoms with van der Waals surface area (Å²) >= 11 is 0. The van der Waals surface area contributed by atoms with Gasteiger partial charge in [0.2, 0.25) is 10.0 Å². The van der Waals surface area contributed by atoms with Crippen LogP contribution in [0.2, 0.25) is 0 Å². The van der Waals surface area contributed by atoms with Gasteiger partial charge in [0, 0.05) is 43.3 Å². The Morgan fingerprint density at radius 3 is 2.26 bits per heavy atom. The van der Waals surface area contributed by atoms with E-state index >= 15 is 0 Å². The summed E-state index contributed by atoms with van der Waals surface area (Å²) in [7, 11) is -0.381. The molecule has 1 N–H and O–H groups in total. The normalized spacial score (nSPS) is 15.8. The molecule has 1 saturated heterocycles. The fourth-order valence-corrected chi connectivity index (χ4v) is 6.03. The molecule has 0 unspecified atom stereocenters. The van der Waals surface area contributed by atoms with Crippen LogP contribution in [-0.4, -0.2) is 68.0 Å². The molecule has 0 saturated carbocycles. The average Bonchev–Trinajstić information content (AvgIpc) is 2.97. The highest BCUT2D eigenvalue weighted by atomic mass is 32.2. The molecule has 1 atom stereocenters. The first-order chi connectivity index (χ1) is 18.4. The first-order valence-corrected chi connectivity index (χ1v) is 13.9. The van der Waals surface area contributed by atoms with Gasteiger partial charge in [0.05, 0.1) is 30.7 Å². The predicted molar refractivity (Wildman–Crippen MR) is 148 cm³/mol. The fourth-order valence-electron chi connectivity index (χ4n) is 4.61. The third-order valence-electron chi connectivity index (χ3n) is 6.84. The second-order valence-corrected chi connectivity index (χ2v) is 11.0. The number of aromatic nitrogens is 2. The number of rotatable bonds is 8. The topological polar surface area (TPSA) is 96.9 Å². The average molecular weight is 534 g/mol. The summed E-state index contributed by atoms with van der Waals surface area (Å²) in [6, 6.07) is 22.0. The molecule has 38 heavy (non-hydrogen) atoms. The Balaban J connectivity index is 1.34. The van der Waals surface area contributed by atoms with Crippen molar-refractivity contribution in [3.63, 3.8) is 0 Å². The molecule has 3 aromatic carbocycles. The highest BCUT2D eigenvalue weighted by Crippen LogP contribution is 2.29. The minimum Gasteiger partial charge on any atom is -0.497 e. The van der Waals surface area contributed by atoms with Gasteiger partial charge in [-0.2, -0.15) is 4.31 Å². The Bertz CT molecular complexity index is 1520. The summed E-state index contributed by atoms with van der Waals surface area (Å²) in [5.74, 6) is 2.77. The van der Waals surface area contributed by atoms with E-state index in [1.54, 1.807) is 38.5 Å². The van der Waals surface area contributed by atoms with Crippen molar-refractivity contribution in [1.29, 1.82) is 0 Å². The van der Waals surface area contributed by atoms with Crippen molar-refractivity contribution in [2.45, 2.75) is 17.9 Å². The number of para-hydroxylation sites is 1. The lowest BCUT2D eigenvalue weighted by atomic mass is 10.2. The Labute approximate surface area is 223 Å². The lowest BCUT2D eigenvalue weighted by molar-refractivity contribution is 0.141. The van der Waals surface area contributed by atoms with E-state index in [-0.39, 0.29) is 10.9 Å². The third-order valence-corrected chi connectivity index (χ3v) is 8.76. The Hall–Kier alpha value is -3.73. The van der Waals surface area contributed by atoms with Crippen LogP contribution in [-0.2, 0) is 10.0 Å². The summed E-state index contributed by atoms with van der Waals surface area (Å²) in [5, 5.41) is 4.35. The minimum absolute atomic E-state index is 0.101. The van der Waals surface area contributed by atoms with Crippen molar-refractivity contribution in [2.24, 2.45) is 0 Å². The summed E-state index contributed by atoms with van der Waals surface area (Å²) in [6.45, 7) is 3.99. The van der Waals surface area contributed by atoms with E-state index in [2.05, 4.69) is 17.1 Å². The maximum atomic E-state index is 13.2. The largest absolute Gasteiger partial charge is 0.497 e. The summed E-state index contributed by atoms with van der Waals surface area (Å²) in [5.41, 5.74) is 1.71. The molecule has 10 heteroatoms. The van der Waals surface area contributed by atoms with Crippen LogP contribution in [0.15, 0.2) is 77.7 Å². The van der Waals surface area contributed by atoms with Crippen LogP contribution in [0.4, 0.5) is 11.5 Å². The molecule has 4 aromatic rings. The van der Waals surface area contributed by atoms with Gasteiger partial charge >= 0.3 is 0 Å². The molecule has 1 aliphatic rings. The van der Waals surface area contributed by atoms with Crippen molar-refractivity contribution < 1.29 is 17.9 Å². The molecular formula is C28H31N5O4S. The summed E-state index contributed by atoms with van der Waals surface area (Å²) < 4.78 is 38.4. The molecule has 1 fully saturated rings. The number of sulfonamides is 1. The van der Waals surface area contributed by atoms with E-state index in [1.807, 2.05) is 48.5 Å². The first kappa shape index (κ1) is 25.9. The van der Waals surface area contributed by atoms with Gasteiger partial charge in [0.15, 0.2) is 0 Å². The highest BCUT2D eigenvalue weighted by molar-refractivity contribution is 7.89. The van der Waals surface area contributed by atoms with E-state index < -0.39 is 10.0 Å². The summed E-state index contributed by atoms with van der Waals surface area (Å²) in [6.07, 6.45) is 0. The maximum Gasteiger partial charge on any atom is 0.243 e. The van der Waals surface area contributed by atoms with Crippen LogP contribution < -0.4 is 14.8 Å². The SMILES string of the molecule is COc1ccc(S(=O)(=O)N2CCN([C@H](C)c3nc(Nc4cccc(OC)c4)c4ccccc4n3)CC2)cc1. The predicted octanol–water partition coefficient (Wildman–Crippen LogP) is 4.46. The molecule has 0 aliphatic carbocycles. The second kappa shape index (κ2) is 10.9. The molecule has 2 heterocycles. The van der Waals surface area contributed by atoms with E-state index in [0.29, 0.717) is 43.6 Å². The van der Waals surface area contributed by atoms with Gasteiger partial charge in [-0.15, -0.1) is 0 Å². The van der Waals surface area contributed by atoms with Gasteiger partial charge in [0.25, 0.3) is 0 Å². The summed E-state index contributed by atoms with van der Waals surface area (Å²) in [4.78, 5) is 12.3. The lowest BCUT2D eigenvalue weighted by Crippen LogP contribution is -2.49. The third kappa shape index (κ3) is 5.28. The Morgan fingerprint density at radius 2 is 1.55 bits per heavy atom. The zero-order valence-electron chi connectivity index (χ0n) is 21.7. The van der Waals surface area contributed by atoms with Crippen molar-refractivity contribution in [3.8, 4) is 11.5 Å². The zero-order valence-corrected chi connectivity index (χ0v) is 22.5. The van der Waals surface area contributed by atoms with E-state index in [1.165, 1.54) is 4.31 Å². The number of methoxy groups -OCH3 is 2. The van der Waals surface area contributed by atoms with Crippen LogP contribution in [0.3, 0.4) is 0 Å². The molecule has 0 radical (unpaired) electrons. The number of fused-ring (bicyclic) bond motifs is 1. The number of hydrogen-bond acceptors (Lipinski definition) is 8. The van der Waals surface area contributed by atoms with Crippen LogP contribution in [0.1, 0.15) is 18.8 Å². The van der Waals surface area contributed by atoms with Crippen molar-refractivity contribution >= 4 is 32.4 Å². The Kier molecular flexibility index (Phi) is 7.46. The van der Waals surface area contributed by atoms with Crippen LogP contribution in [0.25, 0.3) is 10.9 Å². The standard InChI is InChI=1S/C28H31N5O4S/c1-20(32-15-17-33(18-16-32)38(34,35)24-13-11-22(36-2)12-14-24)27-30-26-10-5-4-9-25(26)28(31-27)29-21-7-6-8-23(19-21)37-3/h4-14,19-20H,15-18H2,1-3H3,(H,29,30,31)/t20-/m1/s1. The lowest BCUT2D eigenvalue weighted by Gasteiger charge is -2.36. The molecule has 9 nitrogen and oxygen atoms in total. The van der Waals surface area contributed by atoms with Gasteiger partial charge in [-0.1, -0.05) is 18.2 Å². The zero-order chi connectivity index (χ0) is 26.7. The fraction of sp³-hybridized carbons (Fsp3) is 0.286. The second-order valence-electron chi connectivity index (χ2n) is 9.10. The van der Waals surface area contributed by atoms with E-state index in [0.717, 1.165) is 22.3 Å². The smallest absolute Gasteiger partial charge is 0.243 e. The van der Waals surface area contributed by atoms with Gasteiger partial charge in [0.1, 0.15) is 23.1 Å². The minimum atomic E-state index is -3.58. The molecular weight excluding hydrogens is 502 g/mol. The maximum absolute atomic E-state index is 13.2. The number of benzene rings is 3. The number of piperazine rings is 1. The monoisotopic (exact) mass is 533 g/mol. The molecule has 5 rings (SSSR count). The van der Waals surface area contributed by atoms with Crippen molar-refractivity contribution in [1.82, 2.24) is 19.2 Å². The first-order valence-electron chi connectivity index (χ1n) is 12.4. The number of anilines is 2. The van der Waals surface area contributed by atoms with Gasteiger partial charge in [-0.3, -0.25) is 4.90 Å². The number of ether oxygens (including phenoxy) is 2. The van der Waals surface area contributed by atoms with Crippen molar-refractivity contribution in [2.75, 3.05) is 45.7 Å². The van der Waals surface area contributed by atoms with Crippen LogP contribution in [0.5, 0.6) is 11.5 Å². The van der Waals surface area contributed by atoms with Gasteiger partial charge in [-0.25, -0.2) is 18.4 Å². The van der Waals surface area contributed by atoms with Gasteiger partial charge < -0.3 is 14.8 Å². The van der Waals surface area contributed by atoms with Gasteiger partial charge in [-0.05, 0) is 55.5 Å². The van der Waals surface area contributed by atoms with E-state index in [9.17, 15) is 8.42 Å². The number of hydrogen-bond donors (Lipinski definition) is 1. The van der Waals surface area contributed by atoms with Crippen LogP contribution >= 0.6 is 0 Å². The molecule has 0 bridgehead atoms. The Morgan fingerprint density at radius 1 is 0.842 bits per heavy atom. The van der Waals surface area contributed by atoms with Crippen LogP contribution in [0, 0.1) is 0 Å². The molecule has 198 valence electrons. The molecule has 0 amide bonds. The quantitative estimate of drug-likeness (QED) is 0.355. The highest BCUT2D eigenvalue weighted by Gasteiger charge is 2.31. The molecule has 1 aromatic heterocycles. The van der Waals surface area contributed by atoms with E-state index in [4.69, 9.17) is 19.4 Å². The molecule has 0 spiro atoms. The molecule has 1 aliphatic heterocycles.